The Morgan fingerprint density at radius 3 is 2.87 bits per heavy atom. The maximum absolute atomic E-state index is 6.13. The van der Waals surface area contributed by atoms with Crippen molar-refractivity contribution >= 4 is 0 Å². The topological polar surface area (TPSA) is 44.5 Å². The minimum Gasteiger partial charge on any atom is -0.454 e. The summed E-state index contributed by atoms with van der Waals surface area (Å²) in [7, 11) is 0. The largest absolute Gasteiger partial charge is 0.454 e. The molecular weight excluding hydrogens is 190 g/mol. The van der Waals surface area contributed by atoms with Crippen LogP contribution in [0.5, 0.6) is 11.5 Å². The van der Waals surface area contributed by atoms with Crippen LogP contribution in [0.2, 0.25) is 0 Å². The predicted molar refractivity (Wildman–Crippen MR) is 56.8 cm³/mol. The Morgan fingerprint density at radius 2 is 2.07 bits per heavy atom. The minimum atomic E-state index is 0.145. The van der Waals surface area contributed by atoms with Crippen LogP contribution in [0.15, 0.2) is 18.2 Å². The molecule has 1 aromatic carbocycles. The molecule has 0 bridgehead atoms. The second kappa shape index (κ2) is 3.42. The van der Waals surface area contributed by atoms with Gasteiger partial charge in [0.1, 0.15) is 0 Å². The summed E-state index contributed by atoms with van der Waals surface area (Å²) in [5, 5.41) is 0. The molecule has 3 nitrogen and oxygen atoms in total. The molecule has 3 heteroatoms. The predicted octanol–water partition coefficient (Wildman–Crippen LogP) is 2.22. The van der Waals surface area contributed by atoms with Crippen molar-refractivity contribution in [3.63, 3.8) is 0 Å². The van der Waals surface area contributed by atoms with Gasteiger partial charge >= 0.3 is 0 Å². The van der Waals surface area contributed by atoms with E-state index in [1.807, 2.05) is 18.2 Å². The summed E-state index contributed by atoms with van der Waals surface area (Å²) in [5.74, 6) is 2.52. The van der Waals surface area contributed by atoms with Crippen LogP contribution in [0.3, 0.4) is 0 Å². The van der Waals surface area contributed by atoms with Gasteiger partial charge in [-0.15, -0.1) is 0 Å². The third-order valence-electron chi connectivity index (χ3n) is 3.11. The maximum atomic E-state index is 6.13. The Bertz CT molecular complexity index is 374. The van der Waals surface area contributed by atoms with E-state index >= 15 is 0 Å². The van der Waals surface area contributed by atoms with E-state index in [1.165, 1.54) is 12.8 Å². The number of fused-ring (bicyclic) bond motifs is 1. The van der Waals surface area contributed by atoms with Gasteiger partial charge in [0.2, 0.25) is 6.79 Å². The van der Waals surface area contributed by atoms with Crippen molar-refractivity contribution in [3.05, 3.63) is 23.8 Å². The van der Waals surface area contributed by atoms with Gasteiger partial charge in [0.05, 0.1) is 0 Å². The molecule has 0 spiro atoms. The van der Waals surface area contributed by atoms with Crippen LogP contribution in [-0.2, 0) is 0 Å². The molecule has 15 heavy (non-hydrogen) atoms. The lowest BCUT2D eigenvalue weighted by atomic mass is 10.0. The van der Waals surface area contributed by atoms with Gasteiger partial charge in [-0.25, -0.2) is 0 Å². The van der Waals surface area contributed by atoms with E-state index in [4.69, 9.17) is 15.2 Å². The van der Waals surface area contributed by atoms with Gasteiger partial charge in [-0.3, -0.25) is 0 Å². The van der Waals surface area contributed by atoms with E-state index in [2.05, 4.69) is 0 Å². The summed E-state index contributed by atoms with van der Waals surface area (Å²) < 4.78 is 10.6. The number of nitrogens with two attached hydrogens (primary N) is 1. The molecule has 1 atom stereocenters. The molecule has 0 amide bonds. The van der Waals surface area contributed by atoms with Gasteiger partial charge in [0, 0.05) is 6.04 Å². The Kier molecular flexibility index (Phi) is 2.06. The first-order chi connectivity index (χ1) is 7.33. The van der Waals surface area contributed by atoms with Crippen molar-refractivity contribution < 1.29 is 9.47 Å². The molecule has 1 saturated carbocycles. The molecule has 0 radical (unpaired) electrons. The number of benzene rings is 1. The lowest BCUT2D eigenvalue weighted by Crippen LogP contribution is -2.10. The summed E-state index contributed by atoms with van der Waals surface area (Å²) in [4.78, 5) is 0. The molecule has 2 N–H and O–H groups in total. The van der Waals surface area contributed by atoms with Crippen LogP contribution >= 0.6 is 0 Å². The molecule has 0 aromatic heterocycles. The van der Waals surface area contributed by atoms with Crippen LogP contribution in [0.25, 0.3) is 0 Å². The van der Waals surface area contributed by atoms with Crippen LogP contribution in [0.4, 0.5) is 0 Å². The molecule has 1 fully saturated rings. The summed E-state index contributed by atoms with van der Waals surface area (Å²) >= 11 is 0. The lowest BCUT2D eigenvalue weighted by molar-refractivity contribution is 0.174. The van der Waals surface area contributed by atoms with Gasteiger partial charge in [0.15, 0.2) is 11.5 Å². The van der Waals surface area contributed by atoms with E-state index in [-0.39, 0.29) is 6.04 Å². The van der Waals surface area contributed by atoms with Gasteiger partial charge in [0.25, 0.3) is 0 Å². The molecular formula is C12H15NO2. The molecule has 80 valence electrons. The van der Waals surface area contributed by atoms with Crippen LogP contribution in [-0.4, -0.2) is 6.79 Å². The summed E-state index contributed by atoms with van der Waals surface area (Å²) in [6, 6.07) is 6.15. The second-order valence-corrected chi connectivity index (χ2v) is 4.40. The molecule has 1 heterocycles. The van der Waals surface area contributed by atoms with Gasteiger partial charge in [-0.1, -0.05) is 18.9 Å². The van der Waals surface area contributed by atoms with E-state index < -0.39 is 0 Å². The highest BCUT2D eigenvalue weighted by atomic mass is 16.7. The smallest absolute Gasteiger partial charge is 0.231 e. The van der Waals surface area contributed by atoms with Crippen molar-refractivity contribution in [2.24, 2.45) is 11.7 Å². The van der Waals surface area contributed by atoms with Crippen LogP contribution < -0.4 is 15.2 Å². The summed E-state index contributed by atoms with van der Waals surface area (Å²) in [6.07, 6.45) is 3.79. The lowest BCUT2D eigenvalue weighted by Gasteiger charge is -2.11. The molecule has 3 rings (SSSR count). The number of hydrogen-bond donors (Lipinski definition) is 1. The average molecular weight is 205 g/mol. The standard InChI is InChI=1S/C12H15NO2/c13-10(5-8-1-2-8)9-3-4-11-12(6-9)15-7-14-11/h3-4,6,8,10H,1-2,5,7,13H2/t10-/m1/s1. The normalized spacial score (nSPS) is 20.3. The zero-order chi connectivity index (χ0) is 10.3. The first-order valence-electron chi connectivity index (χ1n) is 5.48. The van der Waals surface area contributed by atoms with E-state index in [0.717, 1.165) is 29.4 Å². The van der Waals surface area contributed by atoms with Crippen LogP contribution in [0, 0.1) is 5.92 Å². The van der Waals surface area contributed by atoms with Crippen molar-refractivity contribution in [1.82, 2.24) is 0 Å². The van der Waals surface area contributed by atoms with Gasteiger partial charge < -0.3 is 15.2 Å². The Hall–Kier alpha value is -1.22. The summed E-state index contributed by atoms with van der Waals surface area (Å²) in [5.41, 5.74) is 7.29. The first kappa shape index (κ1) is 9.04. The number of ether oxygens (including phenoxy) is 2. The van der Waals surface area contributed by atoms with Crippen molar-refractivity contribution in [3.8, 4) is 11.5 Å². The Morgan fingerprint density at radius 1 is 1.27 bits per heavy atom. The SMILES string of the molecule is N[C@H](CC1CC1)c1ccc2c(c1)OCO2. The Balaban J connectivity index is 1.78. The number of hydrogen-bond acceptors (Lipinski definition) is 3. The Labute approximate surface area is 89.2 Å². The highest BCUT2D eigenvalue weighted by Crippen LogP contribution is 2.39. The fourth-order valence-corrected chi connectivity index (χ4v) is 1.99. The number of rotatable bonds is 3. The molecule has 0 saturated heterocycles. The first-order valence-corrected chi connectivity index (χ1v) is 5.48. The fraction of sp³-hybridized carbons (Fsp3) is 0.500. The summed E-state index contributed by atoms with van der Waals surface area (Å²) in [6.45, 7) is 0.330. The second-order valence-electron chi connectivity index (χ2n) is 4.40. The maximum Gasteiger partial charge on any atom is 0.231 e. The fourth-order valence-electron chi connectivity index (χ4n) is 1.99. The minimum absolute atomic E-state index is 0.145. The zero-order valence-corrected chi connectivity index (χ0v) is 8.61. The third-order valence-corrected chi connectivity index (χ3v) is 3.11. The molecule has 1 aliphatic heterocycles. The highest BCUT2D eigenvalue weighted by molar-refractivity contribution is 5.45. The molecule has 1 aromatic rings. The van der Waals surface area contributed by atoms with Crippen molar-refractivity contribution in [2.45, 2.75) is 25.3 Å². The van der Waals surface area contributed by atoms with E-state index in [0.29, 0.717) is 6.79 Å². The highest BCUT2D eigenvalue weighted by Gasteiger charge is 2.25. The van der Waals surface area contributed by atoms with Crippen molar-refractivity contribution in [1.29, 1.82) is 0 Å². The molecule has 1 aliphatic carbocycles. The molecule has 0 unspecified atom stereocenters. The van der Waals surface area contributed by atoms with Gasteiger partial charge in [-0.2, -0.15) is 0 Å². The van der Waals surface area contributed by atoms with E-state index in [9.17, 15) is 0 Å². The third kappa shape index (κ3) is 1.79. The quantitative estimate of drug-likeness (QED) is 0.822. The molecule has 2 aliphatic rings. The van der Waals surface area contributed by atoms with Crippen molar-refractivity contribution in [2.75, 3.05) is 6.79 Å². The zero-order valence-electron chi connectivity index (χ0n) is 8.61. The van der Waals surface area contributed by atoms with Gasteiger partial charge in [-0.05, 0) is 30.0 Å². The average Bonchev–Trinajstić information content (AvgIpc) is 2.94. The van der Waals surface area contributed by atoms with Crippen LogP contribution in [0.1, 0.15) is 30.9 Å². The monoisotopic (exact) mass is 205 g/mol. The van der Waals surface area contributed by atoms with E-state index in [1.54, 1.807) is 0 Å².